The number of nitrogens with zero attached hydrogens (tertiary/aromatic N) is 1. The third-order valence-corrected chi connectivity index (χ3v) is 6.16. The average Bonchev–Trinajstić information content (AvgIpc) is 3.00. The highest BCUT2D eigenvalue weighted by Gasteiger charge is 2.13. The van der Waals surface area contributed by atoms with Crippen molar-refractivity contribution in [3.8, 4) is 29.1 Å². The lowest BCUT2D eigenvalue weighted by molar-refractivity contribution is -0.112. The molecule has 42 heavy (non-hydrogen) atoms. The summed E-state index contributed by atoms with van der Waals surface area (Å²) >= 11 is 0. The van der Waals surface area contributed by atoms with Crippen LogP contribution in [0, 0.1) is 18.3 Å². The molecule has 214 valence electrons. The zero-order valence-corrected chi connectivity index (χ0v) is 24.1. The van der Waals surface area contributed by atoms with E-state index in [2.05, 4.69) is 5.32 Å². The van der Waals surface area contributed by atoms with Crippen molar-refractivity contribution < 1.29 is 23.7 Å². The summed E-state index contributed by atoms with van der Waals surface area (Å²) in [5, 5.41) is 12.4. The van der Waals surface area contributed by atoms with Gasteiger partial charge in [-0.25, -0.2) is 0 Å². The summed E-state index contributed by atoms with van der Waals surface area (Å²) in [6.45, 7) is 7.38. The van der Waals surface area contributed by atoms with E-state index in [0.29, 0.717) is 54.1 Å². The van der Waals surface area contributed by atoms with Gasteiger partial charge < -0.3 is 24.3 Å². The molecule has 0 aromatic heterocycles. The van der Waals surface area contributed by atoms with Crippen molar-refractivity contribution in [2.24, 2.45) is 0 Å². The van der Waals surface area contributed by atoms with Crippen LogP contribution in [0.25, 0.3) is 6.08 Å². The molecule has 0 saturated carbocycles. The second kappa shape index (κ2) is 15.0. The highest BCUT2D eigenvalue weighted by atomic mass is 16.5. The van der Waals surface area contributed by atoms with E-state index in [4.69, 9.17) is 18.9 Å². The minimum absolute atomic E-state index is 0.0225. The summed E-state index contributed by atoms with van der Waals surface area (Å²) < 4.78 is 23.8. The SMILES string of the molecule is CCOc1cc(/C=C(\C#N)C(=O)Nc2cccc(C)c2)ccc1OCc1ccc(OCc2ccccc2)c(OCC)c1. The zero-order valence-electron chi connectivity index (χ0n) is 24.1. The van der Waals surface area contributed by atoms with Crippen LogP contribution in [0.1, 0.15) is 36.1 Å². The highest BCUT2D eigenvalue weighted by molar-refractivity contribution is 6.09. The van der Waals surface area contributed by atoms with Gasteiger partial charge in [-0.3, -0.25) is 4.79 Å². The van der Waals surface area contributed by atoms with Gasteiger partial charge >= 0.3 is 0 Å². The molecule has 1 N–H and O–H groups in total. The number of nitrogens with one attached hydrogen (secondary N) is 1. The molecule has 7 nitrogen and oxygen atoms in total. The molecule has 4 rings (SSSR count). The first-order valence-electron chi connectivity index (χ1n) is 13.8. The number of carbonyl (C=O) groups is 1. The number of anilines is 1. The van der Waals surface area contributed by atoms with E-state index in [1.54, 1.807) is 24.3 Å². The number of nitriles is 1. The van der Waals surface area contributed by atoms with Crippen LogP contribution in [0.2, 0.25) is 0 Å². The molecule has 0 bridgehead atoms. The molecule has 0 saturated heterocycles. The topological polar surface area (TPSA) is 89.8 Å². The summed E-state index contributed by atoms with van der Waals surface area (Å²) in [6.07, 6.45) is 1.53. The molecule has 0 spiro atoms. The fraction of sp³-hybridized carbons (Fsp3) is 0.200. The van der Waals surface area contributed by atoms with Crippen molar-refractivity contribution in [3.05, 3.63) is 119 Å². The Kier molecular flexibility index (Phi) is 10.6. The molecular weight excluding hydrogens is 528 g/mol. The molecule has 0 aliphatic rings. The van der Waals surface area contributed by atoms with Crippen LogP contribution >= 0.6 is 0 Å². The Balaban J connectivity index is 1.46. The Morgan fingerprint density at radius 2 is 1.40 bits per heavy atom. The van der Waals surface area contributed by atoms with Crippen LogP contribution in [0.3, 0.4) is 0 Å². The van der Waals surface area contributed by atoms with E-state index in [1.165, 1.54) is 6.08 Å². The van der Waals surface area contributed by atoms with E-state index in [9.17, 15) is 10.1 Å². The lowest BCUT2D eigenvalue weighted by atomic mass is 10.1. The molecule has 0 aliphatic carbocycles. The van der Waals surface area contributed by atoms with Gasteiger partial charge in [0.15, 0.2) is 23.0 Å². The molecule has 0 radical (unpaired) electrons. The minimum Gasteiger partial charge on any atom is -0.490 e. The number of amides is 1. The molecule has 4 aromatic carbocycles. The van der Waals surface area contributed by atoms with Crippen LogP contribution in [0.15, 0.2) is 96.6 Å². The number of aryl methyl sites for hydroxylation is 1. The van der Waals surface area contributed by atoms with Gasteiger partial charge in [0.1, 0.15) is 24.9 Å². The number of hydrogen-bond donors (Lipinski definition) is 1. The number of rotatable bonds is 13. The summed E-state index contributed by atoms with van der Waals surface area (Å²) in [4.78, 5) is 12.7. The minimum atomic E-state index is -0.484. The second-order valence-electron chi connectivity index (χ2n) is 9.41. The third kappa shape index (κ3) is 8.39. The van der Waals surface area contributed by atoms with Crippen molar-refractivity contribution in [2.45, 2.75) is 34.0 Å². The Morgan fingerprint density at radius 3 is 2.07 bits per heavy atom. The molecule has 0 atom stereocenters. The zero-order chi connectivity index (χ0) is 29.7. The highest BCUT2D eigenvalue weighted by Crippen LogP contribution is 2.33. The first-order valence-corrected chi connectivity index (χ1v) is 13.8. The van der Waals surface area contributed by atoms with Gasteiger partial charge in [-0.05, 0) is 85.5 Å². The quantitative estimate of drug-likeness (QED) is 0.134. The fourth-order valence-corrected chi connectivity index (χ4v) is 4.16. The maximum atomic E-state index is 12.7. The number of ether oxygens (including phenoxy) is 4. The normalized spacial score (nSPS) is 10.9. The molecule has 1 amide bonds. The van der Waals surface area contributed by atoms with Gasteiger partial charge in [-0.2, -0.15) is 5.26 Å². The van der Waals surface area contributed by atoms with Crippen molar-refractivity contribution in [2.75, 3.05) is 18.5 Å². The van der Waals surface area contributed by atoms with E-state index < -0.39 is 5.91 Å². The van der Waals surface area contributed by atoms with E-state index >= 15 is 0 Å². The van der Waals surface area contributed by atoms with E-state index in [-0.39, 0.29) is 12.2 Å². The molecule has 0 unspecified atom stereocenters. The lowest BCUT2D eigenvalue weighted by Gasteiger charge is -2.15. The monoisotopic (exact) mass is 562 g/mol. The average molecular weight is 563 g/mol. The third-order valence-electron chi connectivity index (χ3n) is 6.16. The van der Waals surface area contributed by atoms with Gasteiger partial charge in [0, 0.05) is 5.69 Å². The Bertz CT molecular complexity index is 1570. The number of benzene rings is 4. The molecular formula is C35H34N2O5. The Morgan fingerprint density at radius 1 is 0.738 bits per heavy atom. The van der Waals surface area contributed by atoms with Gasteiger partial charge in [0.05, 0.1) is 13.2 Å². The van der Waals surface area contributed by atoms with Gasteiger partial charge in [-0.15, -0.1) is 0 Å². The predicted octanol–water partition coefficient (Wildman–Crippen LogP) is 7.50. The van der Waals surface area contributed by atoms with Crippen molar-refractivity contribution in [1.29, 1.82) is 5.26 Å². The standard InChI is InChI=1S/C35H34N2O5/c1-4-39-33-20-27(19-29(22-36)35(38)37-30-13-9-10-25(3)18-30)14-16-31(33)42-24-28-15-17-32(34(21-28)40-5-2)41-23-26-11-7-6-8-12-26/h6-21H,4-5,23-24H2,1-3H3,(H,37,38)/b29-19+. The van der Waals surface area contributed by atoms with Crippen LogP contribution in [-0.4, -0.2) is 19.1 Å². The lowest BCUT2D eigenvalue weighted by Crippen LogP contribution is -2.13. The van der Waals surface area contributed by atoms with Crippen LogP contribution in [0.5, 0.6) is 23.0 Å². The van der Waals surface area contributed by atoms with Crippen LogP contribution in [-0.2, 0) is 18.0 Å². The van der Waals surface area contributed by atoms with Gasteiger partial charge in [0.25, 0.3) is 5.91 Å². The number of hydrogen-bond acceptors (Lipinski definition) is 6. The summed E-state index contributed by atoms with van der Waals surface area (Å²) in [7, 11) is 0. The van der Waals surface area contributed by atoms with Gasteiger partial charge in [-0.1, -0.05) is 54.6 Å². The molecule has 0 aliphatic heterocycles. The summed E-state index contributed by atoms with van der Waals surface area (Å²) in [5.41, 5.74) is 4.22. The first kappa shape index (κ1) is 29.8. The smallest absolute Gasteiger partial charge is 0.266 e. The van der Waals surface area contributed by atoms with Crippen molar-refractivity contribution >= 4 is 17.7 Å². The van der Waals surface area contributed by atoms with Crippen LogP contribution < -0.4 is 24.3 Å². The summed E-state index contributed by atoms with van der Waals surface area (Å²) in [5.74, 6) is 1.88. The predicted molar refractivity (Wildman–Crippen MR) is 164 cm³/mol. The first-order chi connectivity index (χ1) is 20.5. The van der Waals surface area contributed by atoms with Gasteiger partial charge in [0.2, 0.25) is 0 Å². The Hall–Kier alpha value is -5.22. The molecule has 0 fully saturated rings. The fourth-order valence-electron chi connectivity index (χ4n) is 4.16. The van der Waals surface area contributed by atoms with E-state index in [0.717, 1.165) is 16.7 Å². The maximum absolute atomic E-state index is 12.7. The molecule has 7 heteroatoms. The van der Waals surface area contributed by atoms with E-state index in [1.807, 2.05) is 93.6 Å². The van der Waals surface area contributed by atoms with Crippen LogP contribution in [0.4, 0.5) is 5.69 Å². The second-order valence-corrected chi connectivity index (χ2v) is 9.41. The Labute approximate surface area is 246 Å². The molecule has 4 aromatic rings. The molecule has 0 heterocycles. The van der Waals surface area contributed by atoms with Crippen molar-refractivity contribution in [1.82, 2.24) is 0 Å². The largest absolute Gasteiger partial charge is 0.490 e. The van der Waals surface area contributed by atoms with Crippen molar-refractivity contribution in [3.63, 3.8) is 0 Å². The number of carbonyl (C=O) groups excluding carboxylic acids is 1. The maximum Gasteiger partial charge on any atom is 0.266 e. The summed E-state index contributed by atoms with van der Waals surface area (Å²) in [6, 6.07) is 30.4.